The quantitative estimate of drug-likeness (QED) is 0.649. The molecule has 7 heteroatoms. The molecule has 0 radical (unpaired) electrons. The highest BCUT2D eigenvalue weighted by atomic mass is 35.5. The monoisotopic (exact) mass is 390 g/mol. The number of thiophene rings is 1. The Labute approximate surface area is 162 Å². The summed E-state index contributed by atoms with van der Waals surface area (Å²) in [7, 11) is 0. The summed E-state index contributed by atoms with van der Waals surface area (Å²) in [4.78, 5) is 8.56. The van der Waals surface area contributed by atoms with E-state index in [0.29, 0.717) is 6.04 Å². The first-order chi connectivity index (χ1) is 12.6. The van der Waals surface area contributed by atoms with Gasteiger partial charge in [-0.25, -0.2) is 4.98 Å². The second-order valence-corrected chi connectivity index (χ2v) is 7.47. The molecule has 1 atom stereocenters. The minimum Gasteiger partial charge on any atom is -0.380 e. The summed E-state index contributed by atoms with van der Waals surface area (Å²) in [5.74, 6) is 0.803. The van der Waals surface area contributed by atoms with Gasteiger partial charge in [0.2, 0.25) is 5.28 Å². The predicted molar refractivity (Wildman–Crippen MR) is 109 cm³/mol. The molecule has 0 bridgehead atoms. The van der Waals surface area contributed by atoms with E-state index in [4.69, 9.17) is 22.1 Å². The Morgan fingerprint density at radius 3 is 2.77 bits per heavy atom. The Morgan fingerprint density at radius 2 is 2.12 bits per heavy atom. The number of fused-ring (bicyclic) bond motifs is 1. The molecule has 0 aliphatic carbocycles. The van der Waals surface area contributed by atoms with E-state index < -0.39 is 0 Å². The van der Waals surface area contributed by atoms with Gasteiger partial charge in [-0.05, 0) is 47.9 Å². The number of rotatable bonds is 3. The predicted octanol–water partition coefficient (Wildman–Crippen LogP) is 4.39. The van der Waals surface area contributed by atoms with Gasteiger partial charge in [-0.2, -0.15) is 4.98 Å². The van der Waals surface area contributed by atoms with Crippen molar-refractivity contribution >= 4 is 39.0 Å². The summed E-state index contributed by atoms with van der Waals surface area (Å²) >= 11 is 7.62. The number of anilines is 1. The molecule has 1 unspecified atom stereocenters. The summed E-state index contributed by atoms with van der Waals surface area (Å²) in [6.07, 6.45) is 2.28. The molecule has 0 spiro atoms. The molecular weight excluding hydrogens is 368 g/mol. The van der Waals surface area contributed by atoms with Crippen molar-refractivity contribution in [2.75, 3.05) is 18.5 Å². The maximum absolute atomic E-state index is 5.98. The molecule has 1 aliphatic rings. The Morgan fingerprint density at radius 1 is 1.31 bits per heavy atom. The number of aromatic nitrogens is 2. The Bertz CT molecular complexity index is 834. The van der Waals surface area contributed by atoms with Gasteiger partial charge in [-0.1, -0.05) is 30.3 Å². The third kappa shape index (κ3) is 5.14. The molecule has 3 aromatic rings. The summed E-state index contributed by atoms with van der Waals surface area (Å²) in [6, 6.07) is 10.5. The first kappa shape index (κ1) is 19.0. The zero-order valence-corrected chi connectivity index (χ0v) is 16.3. The summed E-state index contributed by atoms with van der Waals surface area (Å²) < 4.78 is 6.11. The van der Waals surface area contributed by atoms with Crippen molar-refractivity contribution in [3.05, 3.63) is 52.1 Å². The van der Waals surface area contributed by atoms with Crippen LogP contribution in [0.15, 0.2) is 35.7 Å². The van der Waals surface area contributed by atoms with Crippen LogP contribution in [-0.4, -0.2) is 29.2 Å². The standard InChI is InChI=1S/C14H12ClN3S.C5H11NO/c1-9-8-19-12-11(9)17-14(15)18-13(12)16-7-10-5-3-2-4-6-10;6-5-2-1-3-7-4-5/h2-6,8H,7H2,1H3,(H,16,17,18);5H,1-4,6H2. The summed E-state index contributed by atoms with van der Waals surface area (Å²) in [5, 5.41) is 5.69. The number of halogens is 1. The molecule has 1 fully saturated rings. The molecule has 1 aliphatic heterocycles. The number of aryl methyl sites for hydroxylation is 1. The minimum absolute atomic E-state index is 0.282. The van der Waals surface area contributed by atoms with Gasteiger partial charge in [0, 0.05) is 19.2 Å². The van der Waals surface area contributed by atoms with Crippen LogP contribution in [0.4, 0.5) is 5.82 Å². The topological polar surface area (TPSA) is 73.1 Å². The van der Waals surface area contributed by atoms with Crippen LogP contribution in [0.1, 0.15) is 24.0 Å². The lowest BCUT2D eigenvalue weighted by Gasteiger charge is -2.16. The molecule has 1 saturated heterocycles. The summed E-state index contributed by atoms with van der Waals surface area (Å²) in [6.45, 7) is 4.43. The SMILES string of the molecule is Cc1csc2c(NCc3ccccc3)nc(Cl)nc12.NC1CCCOC1. The highest BCUT2D eigenvalue weighted by molar-refractivity contribution is 7.18. The lowest BCUT2D eigenvalue weighted by atomic mass is 10.1. The van der Waals surface area contributed by atoms with Crippen molar-refractivity contribution in [2.24, 2.45) is 5.73 Å². The van der Waals surface area contributed by atoms with Gasteiger partial charge < -0.3 is 15.8 Å². The van der Waals surface area contributed by atoms with Gasteiger partial charge in [0.05, 0.1) is 16.8 Å². The van der Waals surface area contributed by atoms with Crippen LogP contribution in [0.3, 0.4) is 0 Å². The highest BCUT2D eigenvalue weighted by Gasteiger charge is 2.10. The largest absolute Gasteiger partial charge is 0.380 e. The Hall–Kier alpha value is -1.73. The van der Waals surface area contributed by atoms with Crippen LogP contribution in [-0.2, 0) is 11.3 Å². The molecule has 5 nitrogen and oxygen atoms in total. The molecule has 3 N–H and O–H groups in total. The molecule has 138 valence electrons. The number of hydrogen-bond acceptors (Lipinski definition) is 6. The maximum atomic E-state index is 5.98. The van der Waals surface area contributed by atoms with E-state index in [1.54, 1.807) is 11.3 Å². The van der Waals surface area contributed by atoms with Crippen LogP contribution in [0.5, 0.6) is 0 Å². The van der Waals surface area contributed by atoms with E-state index in [0.717, 1.165) is 54.2 Å². The van der Waals surface area contributed by atoms with E-state index in [2.05, 4.69) is 32.8 Å². The van der Waals surface area contributed by atoms with Crippen LogP contribution in [0.25, 0.3) is 10.2 Å². The zero-order chi connectivity index (χ0) is 18.4. The number of nitrogens with two attached hydrogens (primary N) is 1. The number of ether oxygens (including phenoxy) is 1. The summed E-state index contributed by atoms with van der Waals surface area (Å²) in [5.41, 5.74) is 8.78. The van der Waals surface area contributed by atoms with Crippen molar-refractivity contribution in [1.82, 2.24) is 9.97 Å². The fraction of sp³-hybridized carbons (Fsp3) is 0.368. The zero-order valence-electron chi connectivity index (χ0n) is 14.7. The lowest BCUT2D eigenvalue weighted by Crippen LogP contribution is -2.30. The Kier molecular flexibility index (Phi) is 6.80. The molecular formula is C19H23ClN4OS. The lowest BCUT2D eigenvalue weighted by molar-refractivity contribution is 0.0822. The molecule has 4 rings (SSSR count). The molecule has 0 amide bonds. The van der Waals surface area contributed by atoms with E-state index in [1.165, 1.54) is 5.56 Å². The second kappa shape index (κ2) is 9.28. The molecule has 0 saturated carbocycles. The van der Waals surface area contributed by atoms with Crippen LogP contribution in [0, 0.1) is 6.92 Å². The van der Waals surface area contributed by atoms with Crippen molar-refractivity contribution in [2.45, 2.75) is 32.4 Å². The average molecular weight is 391 g/mol. The fourth-order valence-electron chi connectivity index (χ4n) is 2.67. The third-order valence-electron chi connectivity index (χ3n) is 4.06. The number of benzene rings is 1. The van der Waals surface area contributed by atoms with E-state index in [1.807, 2.05) is 25.1 Å². The molecule has 26 heavy (non-hydrogen) atoms. The van der Waals surface area contributed by atoms with Gasteiger partial charge >= 0.3 is 0 Å². The van der Waals surface area contributed by atoms with E-state index >= 15 is 0 Å². The van der Waals surface area contributed by atoms with Crippen LogP contribution >= 0.6 is 22.9 Å². The number of nitrogens with zero attached hydrogens (tertiary/aromatic N) is 2. The van der Waals surface area contributed by atoms with Gasteiger partial charge in [-0.15, -0.1) is 11.3 Å². The number of nitrogens with one attached hydrogen (secondary N) is 1. The second-order valence-electron chi connectivity index (χ2n) is 6.25. The molecule has 2 aromatic heterocycles. The van der Waals surface area contributed by atoms with Gasteiger partial charge in [0.1, 0.15) is 5.82 Å². The number of hydrogen-bond donors (Lipinski definition) is 2. The van der Waals surface area contributed by atoms with Crippen molar-refractivity contribution in [3.8, 4) is 0 Å². The fourth-order valence-corrected chi connectivity index (χ4v) is 3.80. The van der Waals surface area contributed by atoms with E-state index in [-0.39, 0.29) is 5.28 Å². The maximum Gasteiger partial charge on any atom is 0.224 e. The first-order valence-electron chi connectivity index (χ1n) is 8.66. The van der Waals surface area contributed by atoms with Crippen molar-refractivity contribution < 1.29 is 4.74 Å². The minimum atomic E-state index is 0.282. The van der Waals surface area contributed by atoms with Gasteiger partial charge in [-0.3, -0.25) is 0 Å². The average Bonchev–Trinajstić information content (AvgIpc) is 3.03. The normalized spacial score (nSPS) is 16.8. The van der Waals surface area contributed by atoms with Gasteiger partial charge in [0.25, 0.3) is 0 Å². The van der Waals surface area contributed by atoms with Crippen molar-refractivity contribution in [1.29, 1.82) is 0 Å². The smallest absolute Gasteiger partial charge is 0.224 e. The van der Waals surface area contributed by atoms with Crippen LogP contribution < -0.4 is 11.1 Å². The first-order valence-corrected chi connectivity index (χ1v) is 9.91. The van der Waals surface area contributed by atoms with E-state index in [9.17, 15) is 0 Å². The Balaban J connectivity index is 0.000000236. The third-order valence-corrected chi connectivity index (χ3v) is 5.33. The van der Waals surface area contributed by atoms with Crippen LogP contribution in [0.2, 0.25) is 5.28 Å². The van der Waals surface area contributed by atoms with Gasteiger partial charge in [0.15, 0.2) is 0 Å². The molecule has 3 heterocycles. The van der Waals surface area contributed by atoms with Crippen molar-refractivity contribution in [3.63, 3.8) is 0 Å². The highest BCUT2D eigenvalue weighted by Crippen LogP contribution is 2.30. The molecule has 1 aromatic carbocycles.